The molecule has 1 nitrogen and oxygen atoms in total. The van der Waals surface area contributed by atoms with Gasteiger partial charge in [-0.2, -0.15) is 0 Å². The molecule has 102 valence electrons. The Kier molecular flexibility index (Phi) is 3.58. The van der Waals surface area contributed by atoms with E-state index < -0.39 is 17.7 Å². The number of thiophene rings is 1. The average molecular weight is 355 g/mol. The molecule has 1 atom stereocenters. The van der Waals surface area contributed by atoms with E-state index in [2.05, 4.69) is 15.9 Å². The molecular weight excluding hydrogens is 346 g/mol. The Hall–Kier alpha value is -1.30. The quantitative estimate of drug-likeness (QED) is 0.684. The first-order valence-electron chi connectivity index (χ1n) is 5.87. The van der Waals surface area contributed by atoms with Gasteiger partial charge in [-0.3, -0.25) is 0 Å². The number of halogens is 3. The van der Waals surface area contributed by atoms with Crippen LogP contribution >= 0.6 is 27.3 Å². The molecule has 0 radical (unpaired) electrons. The molecule has 2 aromatic carbocycles. The molecule has 0 aliphatic carbocycles. The second-order valence-corrected chi connectivity index (χ2v) is 6.08. The van der Waals surface area contributed by atoms with E-state index in [4.69, 9.17) is 0 Å². The third-order valence-corrected chi connectivity index (χ3v) is 5.12. The molecule has 0 aliphatic heterocycles. The topological polar surface area (TPSA) is 20.2 Å². The molecule has 5 heteroatoms. The fraction of sp³-hybridized carbons (Fsp3) is 0.0667. The van der Waals surface area contributed by atoms with Gasteiger partial charge < -0.3 is 5.11 Å². The summed E-state index contributed by atoms with van der Waals surface area (Å²) in [6, 6.07) is 9.11. The predicted molar refractivity (Wildman–Crippen MR) is 79.9 cm³/mol. The summed E-state index contributed by atoms with van der Waals surface area (Å²) in [5.41, 5.74) is 0.197. The Morgan fingerprint density at radius 2 is 1.70 bits per heavy atom. The van der Waals surface area contributed by atoms with E-state index in [9.17, 15) is 13.9 Å². The van der Waals surface area contributed by atoms with Gasteiger partial charge in [-0.15, -0.1) is 11.3 Å². The van der Waals surface area contributed by atoms with Crippen LogP contribution < -0.4 is 0 Å². The average Bonchev–Trinajstić information content (AvgIpc) is 2.83. The van der Waals surface area contributed by atoms with Crippen LogP contribution in [0.2, 0.25) is 0 Å². The van der Waals surface area contributed by atoms with E-state index in [0.717, 1.165) is 26.7 Å². The van der Waals surface area contributed by atoms with Gasteiger partial charge in [0.15, 0.2) is 0 Å². The van der Waals surface area contributed by atoms with Crippen molar-refractivity contribution in [3.05, 3.63) is 69.0 Å². The first-order valence-corrected chi connectivity index (χ1v) is 7.54. The minimum absolute atomic E-state index is 0.313. The van der Waals surface area contributed by atoms with Gasteiger partial charge in [0.2, 0.25) is 0 Å². The van der Waals surface area contributed by atoms with Crippen LogP contribution in [0.3, 0.4) is 0 Å². The van der Waals surface area contributed by atoms with Gasteiger partial charge in [-0.05, 0) is 44.9 Å². The molecule has 0 fully saturated rings. The third kappa shape index (κ3) is 2.16. The molecule has 3 aromatic rings. The van der Waals surface area contributed by atoms with Crippen LogP contribution in [0.15, 0.2) is 46.3 Å². The van der Waals surface area contributed by atoms with E-state index in [1.807, 2.05) is 18.2 Å². The Labute approximate surface area is 126 Å². The van der Waals surface area contributed by atoms with Crippen molar-refractivity contribution in [3.8, 4) is 0 Å². The lowest BCUT2D eigenvalue weighted by atomic mass is 10.00. The van der Waals surface area contributed by atoms with Crippen LogP contribution in [0.1, 0.15) is 17.2 Å². The zero-order valence-corrected chi connectivity index (χ0v) is 12.5. The SMILES string of the molecule is OC(c1c(F)cccc1F)c1csc2c(Br)cccc12. The van der Waals surface area contributed by atoms with E-state index >= 15 is 0 Å². The maximum atomic E-state index is 13.8. The fourth-order valence-electron chi connectivity index (χ4n) is 2.18. The first kappa shape index (κ1) is 13.7. The molecule has 1 N–H and O–H groups in total. The zero-order chi connectivity index (χ0) is 14.3. The van der Waals surface area contributed by atoms with E-state index in [-0.39, 0.29) is 5.56 Å². The van der Waals surface area contributed by atoms with Gasteiger partial charge in [0.1, 0.15) is 17.7 Å². The molecule has 0 aliphatic rings. The van der Waals surface area contributed by atoms with Crippen LogP contribution in [-0.2, 0) is 0 Å². The van der Waals surface area contributed by atoms with Gasteiger partial charge in [0.05, 0.1) is 5.56 Å². The molecule has 1 aromatic heterocycles. The highest BCUT2D eigenvalue weighted by molar-refractivity contribution is 9.10. The number of aliphatic hydroxyl groups excluding tert-OH is 1. The Balaban J connectivity index is 2.18. The largest absolute Gasteiger partial charge is 0.383 e. The standard InChI is InChI=1S/C15H9BrF2OS/c16-10-4-1-3-8-9(7-20-15(8)10)14(19)13-11(17)5-2-6-12(13)18/h1-7,14,19H. The molecule has 0 saturated carbocycles. The highest BCUT2D eigenvalue weighted by Gasteiger charge is 2.22. The molecule has 1 unspecified atom stereocenters. The van der Waals surface area contributed by atoms with Crippen molar-refractivity contribution in [3.63, 3.8) is 0 Å². The third-order valence-electron chi connectivity index (χ3n) is 3.15. The van der Waals surface area contributed by atoms with Crippen LogP contribution in [-0.4, -0.2) is 5.11 Å². The molecule has 0 spiro atoms. The Morgan fingerprint density at radius 1 is 1.05 bits per heavy atom. The molecule has 0 bridgehead atoms. The number of hydrogen-bond donors (Lipinski definition) is 1. The summed E-state index contributed by atoms with van der Waals surface area (Å²) >= 11 is 4.85. The van der Waals surface area contributed by atoms with Gasteiger partial charge in [-0.25, -0.2) is 8.78 Å². The Bertz CT molecular complexity index is 764. The number of hydrogen-bond acceptors (Lipinski definition) is 2. The summed E-state index contributed by atoms with van der Waals surface area (Å²) in [5, 5.41) is 12.9. The van der Waals surface area contributed by atoms with Gasteiger partial charge in [0.25, 0.3) is 0 Å². The van der Waals surface area contributed by atoms with Crippen molar-refractivity contribution in [2.75, 3.05) is 0 Å². The Morgan fingerprint density at radius 3 is 2.40 bits per heavy atom. The maximum Gasteiger partial charge on any atom is 0.132 e. The van der Waals surface area contributed by atoms with Crippen molar-refractivity contribution in [1.82, 2.24) is 0 Å². The van der Waals surface area contributed by atoms with E-state index in [1.165, 1.54) is 17.4 Å². The summed E-state index contributed by atoms with van der Waals surface area (Å²) in [6.07, 6.45) is -1.32. The maximum absolute atomic E-state index is 13.8. The van der Waals surface area contributed by atoms with Crippen LogP contribution in [0.4, 0.5) is 8.78 Å². The summed E-state index contributed by atoms with van der Waals surface area (Å²) in [6.45, 7) is 0. The van der Waals surface area contributed by atoms with Crippen molar-refractivity contribution in [1.29, 1.82) is 0 Å². The zero-order valence-electron chi connectivity index (χ0n) is 10.1. The molecule has 0 saturated heterocycles. The van der Waals surface area contributed by atoms with Crippen molar-refractivity contribution >= 4 is 37.4 Å². The highest BCUT2D eigenvalue weighted by Crippen LogP contribution is 2.38. The molecular formula is C15H9BrF2OS. The molecule has 3 rings (SSSR count). The summed E-state index contributed by atoms with van der Waals surface area (Å²) < 4.78 is 29.4. The summed E-state index contributed by atoms with van der Waals surface area (Å²) in [7, 11) is 0. The molecule has 0 amide bonds. The summed E-state index contributed by atoms with van der Waals surface area (Å²) in [4.78, 5) is 0. The van der Waals surface area contributed by atoms with Crippen LogP contribution in [0.25, 0.3) is 10.1 Å². The number of benzene rings is 2. The molecule has 1 heterocycles. The normalized spacial score (nSPS) is 12.8. The monoisotopic (exact) mass is 354 g/mol. The van der Waals surface area contributed by atoms with Gasteiger partial charge in [0, 0.05) is 14.7 Å². The lowest BCUT2D eigenvalue weighted by Crippen LogP contribution is -2.05. The fourth-order valence-corrected chi connectivity index (χ4v) is 3.82. The smallest absolute Gasteiger partial charge is 0.132 e. The first-order chi connectivity index (χ1) is 9.59. The lowest BCUT2D eigenvalue weighted by Gasteiger charge is -2.12. The lowest BCUT2D eigenvalue weighted by molar-refractivity contribution is 0.211. The van der Waals surface area contributed by atoms with Crippen LogP contribution in [0.5, 0.6) is 0 Å². The second-order valence-electron chi connectivity index (χ2n) is 4.35. The minimum atomic E-state index is -1.32. The van der Waals surface area contributed by atoms with Gasteiger partial charge >= 0.3 is 0 Å². The van der Waals surface area contributed by atoms with E-state index in [0.29, 0.717) is 5.56 Å². The number of fused-ring (bicyclic) bond motifs is 1. The molecule has 20 heavy (non-hydrogen) atoms. The van der Waals surface area contributed by atoms with E-state index in [1.54, 1.807) is 5.38 Å². The van der Waals surface area contributed by atoms with Crippen molar-refractivity contribution < 1.29 is 13.9 Å². The van der Waals surface area contributed by atoms with Crippen LogP contribution in [0, 0.1) is 11.6 Å². The summed E-state index contributed by atoms with van der Waals surface area (Å²) in [5.74, 6) is -1.49. The highest BCUT2D eigenvalue weighted by atomic mass is 79.9. The predicted octanol–water partition coefficient (Wildman–Crippen LogP) is 5.02. The van der Waals surface area contributed by atoms with Crippen molar-refractivity contribution in [2.24, 2.45) is 0 Å². The minimum Gasteiger partial charge on any atom is -0.383 e. The van der Waals surface area contributed by atoms with Crippen molar-refractivity contribution in [2.45, 2.75) is 6.10 Å². The number of rotatable bonds is 2. The van der Waals surface area contributed by atoms with Gasteiger partial charge in [-0.1, -0.05) is 18.2 Å². The number of aliphatic hydroxyl groups is 1. The second kappa shape index (κ2) is 5.24.